The summed E-state index contributed by atoms with van der Waals surface area (Å²) < 4.78 is 28.8. The second-order valence-electron chi connectivity index (χ2n) is 10.1. The van der Waals surface area contributed by atoms with Gasteiger partial charge in [-0.3, -0.25) is 13.9 Å². The van der Waals surface area contributed by atoms with Gasteiger partial charge in [-0.05, 0) is 59.5 Å². The third-order valence-electron chi connectivity index (χ3n) is 6.15. The molecule has 1 amide bonds. The minimum atomic E-state index is -4.02. The number of nitrogens with one attached hydrogen (secondary N) is 1. The summed E-state index contributed by atoms with van der Waals surface area (Å²) in [5.74, 6) is -0.716. The molecular weight excluding hydrogens is 576 g/mol. The van der Waals surface area contributed by atoms with Crippen molar-refractivity contribution in [1.82, 2.24) is 0 Å². The molecule has 0 fully saturated rings. The summed E-state index contributed by atoms with van der Waals surface area (Å²) in [7, 11) is -4.02. The lowest BCUT2D eigenvalue weighted by Gasteiger charge is -2.24. The summed E-state index contributed by atoms with van der Waals surface area (Å²) in [6.45, 7) is 5.88. The van der Waals surface area contributed by atoms with E-state index in [2.05, 4.69) is 42.0 Å². The van der Waals surface area contributed by atoms with E-state index in [-0.39, 0.29) is 16.1 Å². The fourth-order valence-corrected chi connectivity index (χ4v) is 5.71. The predicted octanol–water partition coefficient (Wildman–Crippen LogP) is 6.81. The van der Waals surface area contributed by atoms with E-state index in [0.29, 0.717) is 22.5 Å². The van der Waals surface area contributed by atoms with Crippen LogP contribution in [0.25, 0.3) is 0 Å². The summed E-state index contributed by atoms with van der Waals surface area (Å²) in [5.41, 5.74) is 2.80. The largest absolute Gasteiger partial charge is 0.324 e. The van der Waals surface area contributed by atoms with Gasteiger partial charge in [0, 0.05) is 21.3 Å². The average Bonchev–Trinajstić information content (AvgIpc) is 2.92. The molecule has 0 unspecified atom stereocenters. The predicted molar refractivity (Wildman–Crippen MR) is 159 cm³/mol. The van der Waals surface area contributed by atoms with Crippen molar-refractivity contribution < 1.29 is 18.0 Å². The van der Waals surface area contributed by atoms with Crippen molar-refractivity contribution in [3.05, 3.63) is 124 Å². The molecule has 0 heterocycles. The lowest BCUT2D eigenvalue weighted by molar-refractivity contribution is -0.114. The van der Waals surface area contributed by atoms with Crippen molar-refractivity contribution in [3.8, 4) is 0 Å². The molecule has 4 aromatic rings. The van der Waals surface area contributed by atoms with Gasteiger partial charge >= 0.3 is 0 Å². The second kappa shape index (κ2) is 11.6. The van der Waals surface area contributed by atoms with Crippen LogP contribution in [0.1, 0.15) is 42.3 Å². The first-order valence-corrected chi connectivity index (χ1v) is 14.6. The number of sulfonamides is 1. The van der Waals surface area contributed by atoms with E-state index in [0.717, 1.165) is 14.3 Å². The van der Waals surface area contributed by atoms with Gasteiger partial charge in [0.25, 0.3) is 10.0 Å². The Morgan fingerprint density at radius 1 is 0.795 bits per heavy atom. The van der Waals surface area contributed by atoms with Crippen molar-refractivity contribution in [2.24, 2.45) is 0 Å². The highest BCUT2D eigenvalue weighted by Crippen LogP contribution is 2.26. The Morgan fingerprint density at radius 3 is 2.05 bits per heavy atom. The third kappa shape index (κ3) is 6.82. The maximum atomic E-state index is 13.5. The zero-order valence-electron chi connectivity index (χ0n) is 21.9. The van der Waals surface area contributed by atoms with Gasteiger partial charge in [-0.2, -0.15) is 0 Å². The molecule has 0 aliphatic rings. The molecule has 200 valence electrons. The molecule has 0 aliphatic heterocycles. The average molecular weight is 606 g/mol. The number of hydrogen-bond acceptors (Lipinski definition) is 4. The molecule has 0 saturated heterocycles. The van der Waals surface area contributed by atoms with Crippen LogP contribution in [-0.4, -0.2) is 26.7 Å². The van der Waals surface area contributed by atoms with Gasteiger partial charge in [0.15, 0.2) is 5.78 Å². The molecule has 0 aromatic heterocycles. The van der Waals surface area contributed by atoms with Crippen molar-refractivity contribution in [1.29, 1.82) is 0 Å². The molecule has 39 heavy (non-hydrogen) atoms. The highest BCUT2D eigenvalue weighted by molar-refractivity contribution is 9.10. The van der Waals surface area contributed by atoms with Crippen LogP contribution in [0.4, 0.5) is 11.4 Å². The Balaban J connectivity index is 1.55. The van der Waals surface area contributed by atoms with Crippen LogP contribution < -0.4 is 9.62 Å². The lowest BCUT2D eigenvalue weighted by Crippen LogP contribution is -2.38. The van der Waals surface area contributed by atoms with E-state index in [9.17, 15) is 18.0 Å². The normalized spacial score (nSPS) is 11.6. The van der Waals surface area contributed by atoms with Gasteiger partial charge in [-0.25, -0.2) is 8.42 Å². The molecule has 0 bridgehead atoms. The summed E-state index contributed by atoms with van der Waals surface area (Å²) in [4.78, 5) is 26.3. The van der Waals surface area contributed by atoms with E-state index in [1.165, 1.54) is 12.1 Å². The summed E-state index contributed by atoms with van der Waals surface area (Å²) in [6, 6.07) is 28.8. The molecule has 4 aromatic carbocycles. The molecule has 0 atom stereocenters. The zero-order valence-corrected chi connectivity index (χ0v) is 24.3. The van der Waals surface area contributed by atoms with Gasteiger partial charge in [0.05, 0.1) is 10.6 Å². The van der Waals surface area contributed by atoms with Crippen molar-refractivity contribution in [2.45, 2.75) is 31.1 Å². The Labute approximate surface area is 237 Å². The first-order chi connectivity index (χ1) is 18.4. The molecule has 1 N–H and O–H groups in total. The first kappa shape index (κ1) is 28.3. The standard InChI is InChI=1S/C31H29BrN2O4S/c1-31(2,3)24-14-12-22(13-15-24)30(36)23-8-7-9-26(20-23)33-29(35)21-34(27-18-16-25(32)17-19-27)39(37,38)28-10-5-4-6-11-28/h4-20H,21H2,1-3H3,(H,33,35). The summed E-state index contributed by atoms with van der Waals surface area (Å²) in [5, 5.41) is 2.75. The van der Waals surface area contributed by atoms with E-state index in [1.54, 1.807) is 78.9 Å². The van der Waals surface area contributed by atoms with E-state index in [4.69, 9.17) is 0 Å². The maximum absolute atomic E-state index is 13.5. The Kier molecular flexibility index (Phi) is 8.37. The molecule has 6 nitrogen and oxygen atoms in total. The summed E-state index contributed by atoms with van der Waals surface area (Å²) in [6.07, 6.45) is 0. The van der Waals surface area contributed by atoms with Gasteiger partial charge in [-0.15, -0.1) is 0 Å². The number of nitrogens with zero attached hydrogens (tertiary/aromatic N) is 1. The molecule has 0 aliphatic carbocycles. The minimum Gasteiger partial charge on any atom is -0.324 e. The highest BCUT2D eigenvalue weighted by Gasteiger charge is 2.27. The number of benzene rings is 4. The third-order valence-corrected chi connectivity index (χ3v) is 8.47. The van der Waals surface area contributed by atoms with Crippen LogP contribution in [0.3, 0.4) is 0 Å². The summed E-state index contributed by atoms with van der Waals surface area (Å²) >= 11 is 3.36. The number of anilines is 2. The Hall–Kier alpha value is -3.75. The van der Waals surface area contributed by atoms with Crippen LogP contribution in [0, 0.1) is 0 Å². The SMILES string of the molecule is CC(C)(C)c1ccc(C(=O)c2cccc(NC(=O)CN(c3ccc(Br)cc3)S(=O)(=O)c3ccccc3)c2)cc1. The van der Waals surface area contributed by atoms with Gasteiger partial charge < -0.3 is 5.32 Å². The quantitative estimate of drug-likeness (QED) is 0.224. The number of halogens is 1. The molecule has 8 heteroatoms. The number of rotatable bonds is 8. The number of carbonyl (C=O) groups excluding carboxylic acids is 2. The molecule has 0 spiro atoms. The molecule has 0 radical (unpaired) electrons. The van der Waals surface area contributed by atoms with Crippen LogP contribution >= 0.6 is 15.9 Å². The second-order valence-corrected chi connectivity index (χ2v) is 12.9. The maximum Gasteiger partial charge on any atom is 0.264 e. The molecule has 0 saturated carbocycles. The molecule has 4 rings (SSSR count). The number of amides is 1. The fourth-order valence-electron chi connectivity index (χ4n) is 4.00. The van der Waals surface area contributed by atoms with E-state index >= 15 is 0 Å². The Morgan fingerprint density at radius 2 is 1.44 bits per heavy atom. The number of ketones is 1. The fraction of sp³-hybridized carbons (Fsp3) is 0.161. The van der Waals surface area contributed by atoms with Crippen LogP contribution in [0.2, 0.25) is 0 Å². The van der Waals surface area contributed by atoms with Crippen molar-refractivity contribution in [2.75, 3.05) is 16.2 Å². The van der Waals surface area contributed by atoms with Crippen LogP contribution in [0.15, 0.2) is 112 Å². The van der Waals surface area contributed by atoms with Crippen molar-refractivity contribution >= 4 is 49.0 Å². The van der Waals surface area contributed by atoms with Crippen LogP contribution in [0.5, 0.6) is 0 Å². The van der Waals surface area contributed by atoms with Crippen molar-refractivity contribution in [3.63, 3.8) is 0 Å². The first-order valence-electron chi connectivity index (χ1n) is 12.3. The Bertz CT molecular complexity index is 1580. The van der Waals surface area contributed by atoms with Gasteiger partial charge in [0.1, 0.15) is 6.54 Å². The van der Waals surface area contributed by atoms with Gasteiger partial charge in [0.2, 0.25) is 5.91 Å². The highest BCUT2D eigenvalue weighted by atomic mass is 79.9. The number of hydrogen-bond donors (Lipinski definition) is 1. The van der Waals surface area contributed by atoms with Crippen LogP contribution in [-0.2, 0) is 20.2 Å². The monoisotopic (exact) mass is 604 g/mol. The number of carbonyl (C=O) groups is 2. The smallest absolute Gasteiger partial charge is 0.264 e. The van der Waals surface area contributed by atoms with E-state index in [1.807, 2.05) is 12.1 Å². The van der Waals surface area contributed by atoms with Gasteiger partial charge in [-0.1, -0.05) is 91.3 Å². The zero-order chi connectivity index (χ0) is 28.2. The lowest BCUT2D eigenvalue weighted by atomic mass is 9.86. The topological polar surface area (TPSA) is 83.6 Å². The van der Waals surface area contributed by atoms with E-state index < -0.39 is 22.5 Å². The molecular formula is C31H29BrN2O4S. The minimum absolute atomic E-state index is 0.0239.